The van der Waals surface area contributed by atoms with Gasteiger partial charge < -0.3 is 9.16 Å². The summed E-state index contributed by atoms with van der Waals surface area (Å²) >= 11 is 1.61. The SMILES string of the molecule is CCOC(=O)c1csc(-c2ccc3cc(O[Si](C)(C)C(C)(C)C)c(C45CC6CC(CC(C6)C4)C5)cc3c2)c1. The van der Waals surface area contributed by atoms with Gasteiger partial charge >= 0.3 is 5.97 Å². The van der Waals surface area contributed by atoms with Crippen molar-refractivity contribution in [1.29, 1.82) is 0 Å². The highest BCUT2D eigenvalue weighted by Crippen LogP contribution is 2.62. The maximum atomic E-state index is 12.2. The molecule has 0 unspecified atom stereocenters. The summed E-state index contributed by atoms with van der Waals surface area (Å²) < 4.78 is 12.4. The molecular formula is C33H42O3SSi. The van der Waals surface area contributed by atoms with Gasteiger partial charge in [0.2, 0.25) is 8.32 Å². The molecule has 3 nitrogen and oxygen atoms in total. The van der Waals surface area contributed by atoms with Crippen LogP contribution in [-0.2, 0) is 10.2 Å². The Bertz CT molecular complexity index is 1340. The zero-order valence-electron chi connectivity index (χ0n) is 23.9. The molecule has 0 N–H and O–H groups in total. The predicted molar refractivity (Wildman–Crippen MR) is 161 cm³/mol. The van der Waals surface area contributed by atoms with Crippen molar-refractivity contribution in [2.75, 3.05) is 6.61 Å². The zero-order chi connectivity index (χ0) is 26.9. The Morgan fingerprint density at radius 2 is 1.63 bits per heavy atom. The number of benzene rings is 2. The lowest BCUT2D eigenvalue weighted by atomic mass is 9.48. The molecule has 4 aliphatic carbocycles. The van der Waals surface area contributed by atoms with Gasteiger partial charge in [0.25, 0.3) is 0 Å². The number of rotatable bonds is 6. The Balaban J connectivity index is 1.45. The molecule has 0 aliphatic heterocycles. The number of carbonyl (C=O) groups is 1. The van der Waals surface area contributed by atoms with Crippen LogP contribution in [0, 0.1) is 17.8 Å². The molecule has 0 atom stereocenters. The molecular weight excluding hydrogens is 505 g/mol. The molecule has 7 rings (SSSR count). The smallest absolute Gasteiger partial charge is 0.338 e. The summed E-state index contributed by atoms with van der Waals surface area (Å²) in [4.78, 5) is 13.4. The Labute approximate surface area is 233 Å². The Hall–Kier alpha value is -2.11. The van der Waals surface area contributed by atoms with Crippen LogP contribution in [0.15, 0.2) is 41.8 Å². The third kappa shape index (κ3) is 4.54. The summed E-state index contributed by atoms with van der Waals surface area (Å²) in [5.41, 5.74) is 3.53. The fourth-order valence-corrected chi connectivity index (χ4v) is 9.51. The molecule has 0 radical (unpaired) electrons. The second kappa shape index (κ2) is 9.23. The minimum Gasteiger partial charge on any atom is -0.543 e. The van der Waals surface area contributed by atoms with Gasteiger partial charge in [-0.15, -0.1) is 11.3 Å². The minimum atomic E-state index is -2.00. The first-order valence-electron chi connectivity index (χ1n) is 14.5. The quantitative estimate of drug-likeness (QED) is 0.228. The molecule has 4 fully saturated rings. The van der Waals surface area contributed by atoms with Gasteiger partial charge in [0.15, 0.2) is 0 Å². The van der Waals surface area contributed by atoms with E-state index in [1.54, 1.807) is 11.3 Å². The van der Waals surface area contributed by atoms with Crippen LogP contribution in [0.25, 0.3) is 21.2 Å². The predicted octanol–water partition coefficient (Wildman–Crippen LogP) is 9.60. The van der Waals surface area contributed by atoms with Crippen molar-refractivity contribution in [3.63, 3.8) is 0 Å². The first kappa shape index (κ1) is 26.1. The van der Waals surface area contributed by atoms with E-state index in [0.717, 1.165) is 33.9 Å². The lowest BCUT2D eigenvalue weighted by Crippen LogP contribution is -2.49. The lowest BCUT2D eigenvalue weighted by Gasteiger charge is -2.57. The van der Waals surface area contributed by atoms with Gasteiger partial charge in [-0.05, 0) is 133 Å². The summed E-state index contributed by atoms with van der Waals surface area (Å²) in [6.07, 6.45) is 8.30. The van der Waals surface area contributed by atoms with Gasteiger partial charge in [0.05, 0.1) is 12.2 Å². The number of ether oxygens (including phenoxy) is 1. The van der Waals surface area contributed by atoms with Crippen LogP contribution in [0.4, 0.5) is 0 Å². The number of fused-ring (bicyclic) bond motifs is 1. The lowest BCUT2D eigenvalue weighted by molar-refractivity contribution is -0.00580. The van der Waals surface area contributed by atoms with E-state index in [0.29, 0.717) is 12.2 Å². The summed E-state index contributed by atoms with van der Waals surface area (Å²) in [5, 5.41) is 4.58. The van der Waals surface area contributed by atoms with Gasteiger partial charge in [-0.2, -0.15) is 0 Å². The minimum absolute atomic E-state index is 0.153. The summed E-state index contributed by atoms with van der Waals surface area (Å²) in [6, 6.07) is 13.6. The van der Waals surface area contributed by atoms with Crippen LogP contribution in [0.5, 0.6) is 5.75 Å². The van der Waals surface area contributed by atoms with E-state index in [1.165, 1.54) is 54.9 Å². The number of hydrogen-bond donors (Lipinski definition) is 0. The molecule has 4 aliphatic rings. The van der Waals surface area contributed by atoms with Crippen molar-refractivity contribution < 1.29 is 14.0 Å². The van der Waals surface area contributed by atoms with Crippen molar-refractivity contribution >= 4 is 36.4 Å². The summed E-state index contributed by atoms with van der Waals surface area (Å²) in [5.74, 6) is 3.57. The normalized spacial score (nSPS) is 26.6. The van der Waals surface area contributed by atoms with Crippen LogP contribution < -0.4 is 4.43 Å². The van der Waals surface area contributed by atoms with Gasteiger partial charge in [-0.3, -0.25) is 0 Å². The van der Waals surface area contributed by atoms with Crippen LogP contribution >= 0.6 is 11.3 Å². The second-order valence-electron chi connectivity index (χ2n) is 13.9. The molecule has 1 heterocycles. The molecule has 38 heavy (non-hydrogen) atoms. The van der Waals surface area contributed by atoms with E-state index < -0.39 is 8.32 Å². The summed E-state index contributed by atoms with van der Waals surface area (Å²) in [6.45, 7) is 14.0. The largest absolute Gasteiger partial charge is 0.543 e. The third-order valence-corrected chi connectivity index (χ3v) is 15.4. The summed E-state index contributed by atoms with van der Waals surface area (Å²) in [7, 11) is -2.00. The standard InChI is InChI=1S/C33H42O3SSi/c1-7-35-31(34)27-16-30(37-20-27)25-9-8-24-15-29(36-38(5,6)32(2,3)4)28(14-26(24)13-25)33-17-21-10-22(18-33)12-23(11-21)19-33/h8-9,13-16,20-23H,7,10-12,17-19H2,1-6H3. The van der Waals surface area contributed by atoms with Crippen LogP contribution in [0.2, 0.25) is 18.1 Å². The molecule has 0 saturated heterocycles. The van der Waals surface area contributed by atoms with Crippen molar-refractivity contribution in [1.82, 2.24) is 0 Å². The second-order valence-corrected chi connectivity index (χ2v) is 19.5. The van der Waals surface area contributed by atoms with E-state index in [1.807, 2.05) is 18.4 Å². The van der Waals surface area contributed by atoms with E-state index >= 15 is 0 Å². The van der Waals surface area contributed by atoms with Gasteiger partial charge in [-0.1, -0.05) is 32.9 Å². The molecule has 1 aromatic heterocycles. The third-order valence-electron chi connectivity index (χ3n) is 10.1. The van der Waals surface area contributed by atoms with E-state index in [9.17, 15) is 4.79 Å². The maximum Gasteiger partial charge on any atom is 0.338 e. The van der Waals surface area contributed by atoms with E-state index in [-0.39, 0.29) is 16.4 Å². The van der Waals surface area contributed by atoms with Gasteiger partial charge in [0, 0.05) is 10.3 Å². The Morgan fingerprint density at radius 1 is 0.974 bits per heavy atom. The van der Waals surface area contributed by atoms with Crippen molar-refractivity contribution in [3.05, 3.63) is 52.9 Å². The van der Waals surface area contributed by atoms with Crippen LogP contribution in [0.3, 0.4) is 0 Å². The maximum absolute atomic E-state index is 12.2. The topological polar surface area (TPSA) is 35.5 Å². The fourth-order valence-electron chi connectivity index (χ4n) is 7.61. The van der Waals surface area contributed by atoms with Gasteiger partial charge in [-0.25, -0.2) is 4.79 Å². The number of esters is 1. The highest BCUT2D eigenvalue weighted by atomic mass is 32.1. The van der Waals surface area contributed by atoms with E-state index in [2.05, 4.69) is 64.2 Å². The average Bonchev–Trinajstić information content (AvgIpc) is 3.32. The van der Waals surface area contributed by atoms with Crippen molar-refractivity contribution in [2.24, 2.45) is 17.8 Å². The Kier molecular flexibility index (Phi) is 6.35. The molecule has 4 bridgehead atoms. The Morgan fingerprint density at radius 3 is 2.24 bits per heavy atom. The molecule has 4 saturated carbocycles. The molecule has 0 spiro atoms. The molecule has 5 heteroatoms. The highest BCUT2D eigenvalue weighted by Gasteiger charge is 2.53. The van der Waals surface area contributed by atoms with Gasteiger partial charge in [0.1, 0.15) is 5.75 Å². The number of carbonyl (C=O) groups excluding carboxylic acids is 1. The van der Waals surface area contributed by atoms with E-state index in [4.69, 9.17) is 9.16 Å². The first-order chi connectivity index (χ1) is 18.0. The average molecular weight is 547 g/mol. The monoisotopic (exact) mass is 546 g/mol. The number of thiophene rings is 1. The number of hydrogen-bond acceptors (Lipinski definition) is 4. The highest BCUT2D eigenvalue weighted by molar-refractivity contribution is 7.13. The molecule has 0 amide bonds. The molecule has 3 aromatic rings. The zero-order valence-corrected chi connectivity index (χ0v) is 25.7. The molecule has 2 aromatic carbocycles. The van der Waals surface area contributed by atoms with Crippen LogP contribution in [-0.4, -0.2) is 20.9 Å². The van der Waals surface area contributed by atoms with Crippen molar-refractivity contribution in [2.45, 2.75) is 89.8 Å². The molecule has 202 valence electrons. The van der Waals surface area contributed by atoms with Crippen LogP contribution in [0.1, 0.15) is 82.1 Å². The fraction of sp³-hybridized carbons (Fsp3) is 0.545. The first-order valence-corrected chi connectivity index (χ1v) is 18.3. The van der Waals surface area contributed by atoms with Crippen molar-refractivity contribution in [3.8, 4) is 16.2 Å².